The summed E-state index contributed by atoms with van der Waals surface area (Å²) in [6.07, 6.45) is 0. The van der Waals surface area contributed by atoms with Crippen molar-refractivity contribution in [3.05, 3.63) is 46.1 Å². The number of primary sulfonamides is 1. The van der Waals surface area contributed by atoms with Gasteiger partial charge in [-0.3, -0.25) is 4.98 Å². The average Bonchev–Trinajstić information content (AvgIpc) is 2.30. The second-order valence-corrected chi connectivity index (χ2v) is 6.57. The summed E-state index contributed by atoms with van der Waals surface area (Å²) in [7, 11) is -3.83. The lowest BCUT2D eigenvalue weighted by atomic mass is 10.1. The van der Waals surface area contributed by atoms with Gasteiger partial charge in [0.05, 0.1) is 5.69 Å². The molecule has 4 nitrogen and oxygen atoms in total. The number of hydrogen-bond acceptors (Lipinski definition) is 3. The number of aryl methyl sites for hydroxylation is 2. The molecule has 0 aliphatic carbocycles. The Kier molecular flexibility index (Phi) is 3.75. The SMILES string of the molecule is Cc1cccc(-c2ccc(C)c(Br)c2S(N)(=O)=O)n1. The first-order valence-corrected chi connectivity index (χ1v) is 7.90. The topological polar surface area (TPSA) is 73.1 Å². The first kappa shape index (κ1) is 14.2. The Morgan fingerprint density at radius 1 is 1.16 bits per heavy atom. The van der Waals surface area contributed by atoms with E-state index in [1.807, 2.05) is 32.0 Å². The number of nitrogens with two attached hydrogens (primary N) is 1. The van der Waals surface area contributed by atoms with Crippen molar-refractivity contribution in [1.82, 2.24) is 4.98 Å². The van der Waals surface area contributed by atoms with Gasteiger partial charge in [0.1, 0.15) is 4.90 Å². The van der Waals surface area contributed by atoms with Crippen LogP contribution in [0.15, 0.2) is 39.7 Å². The van der Waals surface area contributed by atoms with E-state index in [1.165, 1.54) is 0 Å². The van der Waals surface area contributed by atoms with Crippen molar-refractivity contribution in [3.63, 3.8) is 0 Å². The number of benzene rings is 1. The molecule has 1 aromatic carbocycles. The third kappa shape index (κ3) is 2.86. The van der Waals surface area contributed by atoms with Gasteiger partial charge < -0.3 is 0 Å². The molecule has 100 valence electrons. The summed E-state index contributed by atoms with van der Waals surface area (Å²) >= 11 is 3.30. The first-order valence-electron chi connectivity index (χ1n) is 5.56. The van der Waals surface area contributed by atoms with Gasteiger partial charge in [0.25, 0.3) is 0 Å². The normalized spacial score (nSPS) is 11.6. The number of aromatic nitrogens is 1. The van der Waals surface area contributed by atoms with Gasteiger partial charge in [0, 0.05) is 15.7 Å². The fraction of sp³-hybridized carbons (Fsp3) is 0.154. The van der Waals surface area contributed by atoms with Crippen molar-refractivity contribution in [3.8, 4) is 11.3 Å². The molecule has 6 heteroatoms. The summed E-state index contributed by atoms with van der Waals surface area (Å²) in [5.41, 5.74) is 2.71. The van der Waals surface area contributed by atoms with Gasteiger partial charge in [-0.15, -0.1) is 0 Å². The summed E-state index contributed by atoms with van der Waals surface area (Å²) in [5, 5.41) is 5.32. The van der Waals surface area contributed by atoms with Gasteiger partial charge in [-0.2, -0.15) is 0 Å². The Hall–Kier alpha value is -1.24. The van der Waals surface area contributed by atoms with E-state index in [1.54, 1.807) is 12.1 Å². The fourth-order valence-corrected chi connectivity index (χ4v) is 3.74. The molecule has 2 N–H and O–H groups in total. The summed E-state index contributed by atoms with van der Waals surface area (Å²) < 4.78 is 24.1. The third-order valence-electron chi connectivity index (χ3n) is 2.74. The van der Waals surface area contributed by atoms with Crippen LogP contribution in [0.5, 0.6) is 0 Å². The van der Waals surface area contributed by atoms with Crippen LogP contribution in [-0.2, 0) is 10.0 Å². The van der Waals surface area contributed by atoms with Crippen LogP contribution in [0.2, 0.25) is 0 Å². The van der Waals surface area contributed by atoms with E-state index >= 15 is 0 Å². The lowest BCUT2D eigenvalue weighted by molar-refractivity contribution is 0.597. The molecular formula is C13H13BrN2O2S. The molecule has 0 saturated carbocycles. The Labute approximate surface area is 120 Å². The standard InChI is InChI=1S/C13H13BrN2O2S/c1-8-6-7-10(11-5-3-4-9(2)16-11)13(12(8)14)19(15,17)18/h3-7H,1-2H3,(H2,15,17,18). The molecular weight excluding hydrogens is 328 g/mol. The minimum absolute atomic E-state index is 0.0746. The maximum absolute atomic E-state index is 11.8. The van der Waals surface area contributed by atoms with Crippen LogP contribution < -0.4 is 5.14 Å². The van der Waals surface area contributed by atoms with Crippen LogP contribution in [0.25, 0.3) is 11.3 Å². The summed E-state index contributed by atoms with van der Waals surface area (Å²) in [6, 6.07) is 9.00. The Morgan fingerprint density at radius 3 is 2.42 bits per heavy atom. The molecule has 0 radical (unpaired) electrons. The number of rotatable bonds is 2. The minimum Gasteiger partial charge on any atom is -0.253 e. The van der Waals surface area contributed by atoms with Gasteiger partial charge in [0.15, 0.2) is 0 Å². The molecule has 0 saturated heterocycles. The van der Waals surface area contributed by atoms with E-state index in [0.717, 1.165) is 11.3 Å². The maximum atomic E-state index is 11.8. The average molecular weight is 341 g/mol. The second kappa shape index (κ2) is 5.03. The van der Waals surface area contributed by atoms with E-state index in [2.05, 4.69) is 20.9 Å². The predicted octanol–water partition coefficient (Wildman–Crippen LogP) is 2.78. The summed E-state index contributed by atoms with van der Waals surface area (Å²) in [4.78, 5) is 4.42. The molecule has 0 fully saturated rings. The molecule has 0 spiro atoms. The van der Waals surface area contributed by atoms with Crippen LogP contribution in [0.1, 0.15) is 11.3 Å². The van der Waals surface area contributed by atoms with Crippen molar-refractivity contribution in [2.75, 3.05) is 0 Å². The van der Waals surface area contributed by atoms with Crippen LogP contribution in [0.3, 0.4) is 0 Å². The molecule has 0 bridgehead atoms. The predicted molar refractivity (Wildman–Crippen MR) is 78.2 cm³/mol. The maximum Gasteiger partial charge on any atom is 0.239 e. The molecule has 2 rings (SSSR count). The highest BCUT2D eigenvalue weighted by Crippen LogP contribution is 2.33. The van der Waals surface area contributed by atoms with E-state index in [4.69, 9.17) is 5.14 Å². The van der Waals surface area contributed by atoms with Gasteiger partial charge in [0.2, 0.25) is 10.0 Å². The Bertz CT molecular complexity index is 742. The molecule has 1 aromatic heterocycles. The zero-order valence-electron chi connectivity index (χ0n) is 10.5. The molecule has 0 aliphatic rings. The van der Waals surface area contributed by atoms with Crippen LogP contribution in [0, 0.1) is 13.8 Å². The molecule has 0 amide bonds. The van der Waals surface area contributed by atoms with Crippen molar-refractivity contribution in [2.24, 2.45) is 5.14 Å². The van der Waals surface area contributed by atoms with Crippen LogP contribution in [-0.4, -0.2) is 13.4 Å². The minimum atomic E-state index is -3.83. The zero-order chi connectivity index (χ0) is 14.2. The van der Waals surface area contributed by atoms with Gasteiger partial charge in [-0.1, -0.05) is 18.2 Å². The lowest BCUT2D eigenvalue weighted by Crippen LogP contribution is -2.15. The third-order valence-corrected chi connectivity index (χ3v) is 5.02. The number of pyridine rings is 1. The van der Waals surface area contributed by atoms with Crippen LogP contribution >= 0.6 is 15.9 Å². The van der Waals surface area contributed by atoms with E-state index < -0.39 is 10.0 Å². The first-order chi connectivity index (χ1) is 8.80. The number of nitrogens with zero attached hydrogens (tertiary/aromatic N) is 1. The van der Waals surface area contributed by atoms with E-state index in [0.29, 0.717) is 15.7 Å². The highest BCUT2D eigenvalue weighted by molar-refractivity contribution is 9.10. The zero-order valence-corrected chi connectivity index (χ0v) is 12.9. The second-order valence-electron chi connectivity index (χ2n) is 4.28. The number of halogens is 1. The molecule has 0 atom stereocenters. The number of hydrogen-bond donors (Lipinski definition) is 1. The lowest BCUT2D eigenvalue weighted by Gasteiger charge is -2.12. The Balaban J connectivity index is 2.82. The Morgan fingerprint density at radius 2 is 1.84 bits per heavy atom. The highest BCUT2D eigenvalue weighted by atomic mass is 79.9. The molecule has 19 heavy (non-hydrogen) atoms. The van der Waals surface area contributed by atoms with Gasteiger partial charge in [-0.25, -0.2) is 13.6 Å². The summed E-state index contributed by atoms with van der Waals surface area (Å²) in [5.74, 6) is 0. The van der Waals surface area contributed by atoms with Crippen molar-refractivity contribution < 1.29 is 8.42 Å². The van der Waals surface area contributed by atoms with Gasteiger partial charge >= 0.3 is 0 Å². The summed E-state index contributed by atoms with van der Waals surface area (Å²) in [6.45, 7) is 3.66. The number of sulfonamides is 1. The van der Waals surface area contributed by atoms with Crippen molar-refractivity contribution in [1.29, 1.82) is 0 Å². The van der Waals surface area contributed by atoms with Gasteiger partial charge in [-0.05, 0) is 47.5 Å². The van der Waals surface area contributed by atoms with Crippen molar-refractivity contribution >= 4 is 26.0 Å². The van der Waals surface area contributed by atoms with Crippen LogP contribution in [0.4, 0.5) is 0 Å². The van der Waals surface area contributed by atoms with E-state index in [9.17, 15) is 8.42 Å². The molecule has 2 aromatic rings. The smallest absolute Gasteiger partial charge is 0.239 e. The quantitative estimate of drug-likeness (QED) is 0.913. The fourth-order valence-electron chi connectivity index (χ4n) is 1.83. The monoisotopic (exact) mass is 340 g/mol. The largest absolute Gasteiger partial charge is 0.253 e. The molecule has 0 aliphatic heterocycles. The molecule has 1 heterocycles. The highest BCUT2D eigenvalue weighted by Gasteiger charge is 2.21. The van der Waals surface area contributed by atoms with Crippen molar-refractivity contribution in [2.45, 2.75) is 18.7 Å². The molecule has 0 unspecified atom stereocenters. The van der Waals surface area contributed by atoms with E-state index in [-0.39, 0.29) is 4.90 Å².